The molecule has 1 atom stereocenters. The highest BCUT2D eigenvalue weighted by Gasteiger charge is 2.42. The second kappa shape index (κ2) is 8.54. The van der Waals surface area contributed by atoms with Gasteiger partial charge >= 0.3 is 6.18 Å². The Hall–Kier alpha value is -3.63. The van der Waals surface area contributed by atoms with Crippen LogP contribution in [0.3, 0.4) is 0 Å². The lowest BCUT2D eigenvalue weighted by atomic mass is 9.86. The van der Waals surface area contributed by atoms with E-state index in [4.69, 9.17) is 4.98 Å². The monoisotopic (exact) mass is 486 g/mol. The van der Waals surface area contributed by atoms with Gasteiger partial charge in [-0.15, -0.1) is 0 Å². The zero-order chi connectivity index (χ0) is 24.8. The summed E-state index contributed by atoms with van der Waals surface area (Å²) in [7, 11) is 0. The van der Waals surface area contributed by atoms with Crippen molar-refractivity contribution in [3.63, 3.8) is 0 Å². The third kappa shape index (κ3) is 4.54. The van der Waals surface area contributed by atoms with Crippen molar-refractivity contribution in [2.45, 2.75) is 44.3 Å². The first-order chi connectivity index (χ1) is 16.6. The van der Waals surface area contributed by atoms with Crippen molar-refractivity contribution in [2.24, 2.45) is 0 Å². The highest BCUT2D eigenvalue weighted by Crippen LogP contribution is 2.38. The lowest BCUT2D eigenvalue weighted by molar-refractivity contribution is -0.141. The Balaban J connectivity index is 1.30. The SMILES string of the molecule is Cc1nc2c(cc1-c1ncccn1)CC[C@@]1(CCN(C(=O)Cc3cc(C(F)(F)F)ncc3F)C1)N2. The van der Waals surface area contributed by atoms with Crippen LogP contribution in [-0.4, -0.2) is 49.4 Å². The molecule has 7 nitrogen and oxygen atoms in total. The molecule has 0 radical (unpaired) electrons. The first-order valence-electron chi connectivity index (χ1n) is 11.2. The van der Waals surface area contributed by atoms with Crippen molar-refractivity contribution in [3.8, 4) is 11.4 Å². The second-order valence-electron chi connectivity index (χ2n) is 9.01. The van der Waals surface area contributed by atoms with Crippen molar-refractivity contribution >= 4 is 11.7 Å². The molecule has 0 saturated carbocycles. The minimum Gasteiger partial charge on any atom is -0.363 e. The van der Waals surface area contributed by atoms with Gasteiger partial charge in [-0.1, -0.05) is 0 Å². The van der Waals surface area contributed by atoms with Gasteiger partial charge in [-0.2, -0.15) is 13.2 Å². The van der Waals surface area contributed by atoms with E-state index in [1.165, 1.54) is 0 Å². The molecule has 1 fully saturated rings. The molecule has 2 aliphatic heterocycles. The fourth-order valence-corrected chi connectivity index (χ4v) is 4.73. The van der Waals surface area contributed by atoms with Crippen LogP contribution in [0.2, 0.25) is 0 Å². The Kier molecular flexibility index (Phi) is 5.65. The van der Waals surface area contributed by atoms with Crippen molar-refractivity contribution < 1.29 is 22.4 Å². The zero-order valence-electron chi connectivity index (χ0n) is 18.9. The molecule has 0 bridgehead atoms. The van der Waals surface area contributed by atoms with Gasteiger partial charge in [0.15, 0.2) is 5.82 Å². The van der Waals surface area contributed by atoms with Gasteiger partial charge in [-0.3, -0.25) is 4.79 Å². The molecule has 5 rings (SSSR count). The fourth-order valence-electron chi connectivity index (χ4n) is 4.73. The minimum atomic E-state index is -4.71. The van der Waals surface area contributed by atoms with Crippen LogP contribution in [-0.2, 0) is 23.8 Å². The van der Waals surface area contributed by atoms with Crippen LogP contribution in [0.1, 0.15) is 35.4 Å². The van der Waals surface area contributed by atoms with Crippen LogP contribution in [0.4, 0.5) is 23.4 Å². The number of carbonyl (C=O) groups excluding carboxylic acids is 1. The number of fused-ring (bicyclic) bond motifs is 1. The van der Waals surface area contributed by atoms with Crippen LogP contribution in [0, 0.1) is 12.7 Å². The molecule has 1 N–H and O–H groups in total. The summed E-state index contributed by atoms with van der Waals surface area (Å²) in [6, 6.07) is 4.39. The van der Waals surface area contributed by atoms with E-state index in [0.717, 1.165) is 35.5 Å². The van der Waals surface area contributed by atoms with Gasteiger partial charge in [-0.05, 0) is 49.9 Å². The van der Waals surface area contributed by atoms with Crippen LogP contribution in [0.15, 0.2) is 36.8 Å². The average Bonchev–Trinajstić information content (AvgIpc) is 3.23. The molecule has 0 aromatic carbocycles. The molecule has 0 unspecified atom stereocenters. The summed E-state index contributed by atoms with van der Waals surface area (Å²) in [5.74, 6) is 0.00393. The summed E-state index contributed by atoms with van der Waals surface area (Å²) in [4.78, 5) is 30.9. The third-order valence-electron chi connectivity index (χ3n) is 6.63. The number of nitrogens with zero attached hydrogens (tertiary/aromatic N) is 5. The van der Waals surface area contributed by atoms with Crippen LogP contribution in [0.5, 0.6) is 0 Å². The minimum absolute atomic E-state index is 0.312. The number of carbonyl (C=O) groups is 1. The molecular weight excluding hydrogens is 464 g/mol. The van der Waals surface area contributed by atoms with E-state index in [1.807, 2.05) is 13.0 Å². The van der Waals surface area contributed by atoms with Crippen molar-refractivity contribution in [2.75, 3.05) is 18.4 Å². The highest BCUT2D eigenvalue weighted by atomic mass is 19.4. The number of likely N-dealkylation sites (tertiary alicyclic amines) is 1. The quantitative estimate of drug-likeness (QED) is 0.564. The lowest BCUT2D eigenvalue weighted by Gasteiger charge is -2.36. The number of hydrogen-bond acceptors (Lipinski definition) is 6. The smallest absolute Gasteiger partial charge is 0.363 e. The lowest BCUT2D eigenvalue weighted by Crippen LogP contribution is -2.45. The predicted molar refractivity (Wildman–Crippen MR) is 119 cm³/mol. The van der Waals surface area contributed by atoms with Gasteiger partial charge in [0.2, 0.25) is 5.91 Å². The van der Waals surface area contributed by atoms with Crippen molar-refractivity contribution in [1.82, 2.24) is 24.8 Å². The molecule has 1 amide bonds. The number of rotatable bonds is 3. The molecule has 2 aliphatic rings. The summed E-state index contributed by atoms with van der Waals surface area (Å²) in [6.07, 6.45) is 0.869. The number of anilines is 1. The number of aryl methyl sites for hydroxylation is 2. The van der Waals surface area contributed by atoms with E-state index < -0.39 is 30.0 Å². The summed E-state index contributed by atoms with van der Waals surface area (Å²) in [5.41, 5.74) is 0.759. The van der Waals surface area contributed by atoms with E-state index in [-0.39, 0.29) is 11.1 Å². The molecule has 1 saturated heterocycles. The molecule has 0 aliphatic carbocycles. The van der Waals surface area contributed by atoms with Gasteiger partial charge in [0.25, 0.3) is 0 Å². The van der Waals surface area contributed by atoms with Gasteiger partial charge in [-0.25, -0.2) is 24.3 Å². The Morgan fingerprint density at radius 3 is 2.69 bits per heavy atom. The van der Waals surface area contributed by atoms with Crippen molar-refractivity contribution in [1.29, 1.82) is 0 Å². The number of alkyl halides is 3. The highest BCUT2D eigenvalue weighted by molar-refractivity contribution is 5.79. The Morgan fingerprint density at radius 1 is 1.17 bits per heavy atom. The van der Waals surface area contributed by atoms with E-state index in [9.17, 15) is 22.4 Å². The summed E-state index contributed by atoms with van der Waals surface area (Å²) >= 11 is 0. The van der Waals surface area contributed by atoms with Gasteiger partial charge < -0.3 is 10.2 Å². The van der Waals surface area contributed by atoms with Gasteiger partial charge in [0.05, 0.1) is 23.9 Å². The number of nitrogens with one attached hydrogen (secondary N) is 1. The standard InChI is InChI=1S/C24H22F4N6O/c1-14-17(22-29-6-2-7-30-22)9-15-3-4-23(33-21(15)32-14)5-8-34(13-23)20(35)11-16-10-19(24(26,27)28)31-12-18(16)25/h2,6-7,9-10,12H,3-5,8,11,13H2,1H3,(H,32,33)/t23-/m0/s1. The molecule has 35 heavy (non-hydrogen) atoms. The average molecular weight is 486 g/mol. The number of amides is 1. The summed E-state index contributed by atoms with van der Waals surface area (Å²) < 4.78 is 52.9. The normalized spacial score (nSPS) is 19.5. The topological polar surface area (TPSA) is 83.9 Å². The number of halogens is 4. The molecule has 1 spiro atoms. The Morgan fingerprint density at radius 2 is 1.94 bits per heavy atom. The first kappa shape index (κ1) is 23.1. The molecular formula is C24H22F4N6O. The van der Waals surface area contributed by atoms with Gasteiger partial charge in [0, 0.05) is 36.6 Å². The summed E-state index contributed by atoms with van der Waals surface area (Å²) in [5, 5.41) is 3.50. The molecule has 11 heteroatoms. The largest absolute Gasteiger partial charge is 0.433 e. The van der Waals surface area contributed by atoms with Crippen molar-refractivity contribution in [3.05, 3.63) is 65.1 Å². The molecule has 5 heterocycles. The maximum atomic E-state index is 14.1. The molecule has 182 valence electrons. The second-order valence-corrected chi connectivity index (χ2v) is 9.01. The Labute approximate surface area is 198 Å². The van der Waals surface area contributed by atoms with Gasteiger partial charge in [0.1, 0.15) is 17.3 Å². The summed E-state index contributed by atoms with van der Waals surface area (Å²) in [6.45, 7) is 2.68. The van der Waals surface area contributed by atoms with E-state index in [1.54, 1.807) is 23.4 Å². The third-order valence-corrected chi connectivity index (χ3v) is 6.63. The van der Waals surface area contributed by atoms with Crippen LogP contribution >= 0.6 is 0 Å². The first-order valence-corrected chi connectivity index (χ1v) is 11.2. The maximum Gasteiger partial charge on any atom is 0.433 e. The number of aromatic nitrogens is 4. The van der Waals surface area contributed by atoms with E-state index in [0.29, 0.717) is 37.6 Å². The molecule has 3 aromatic heterocycles. The molecule has 3 aromatic rings. The Bertz CT molecular complexity index is 1280. The number of pyridine rings is 2. The maximum absolute atomic E-state index is 14.1. The van der Waals surface area contributed by atoms with Crippen LogP contribution < -0.4 is 5.32 Å². The van der Waals surface area contributed by atoms with E-state index in [2.05, 4.69) is 20.3 Å². The van der Waals surface area contributed by atoms with E-state index >= 15 is 0 Å². The van der Waals surface area contributed by atoms with Crippen LogP contribution in [0.25, 0.3) is 11.4 Å². The zero-order valence-corrected chi connectivity index (χ0v) is 18.9. The fraction of sp³-hybridized carbons (Fsp3) is 0.375. The number of hydrogen-bond donors (Lipinski definition) is 1. The predicted octanol–water partition coefficient (Wildman–Crippen LogP) is 3.97.